The topological polar surface area (TPSA) is 12.0 Å². The molecule has 1 aromatic rings. The number of rotatable bonds is 3. The summed E-state index contributed by atoms with van der Waals surface area (Å²) in [4.78, 5) is 0. The molecule has 0 aromatic heterocycles. The fourth-order valence-corrected chi connectivity index (χ4v) is 2.81. The monoisotopic (exact) mass is 289 g/mol. The Bertz CT molecular complexity index is 450. The Hall–Kier alpha value is -1.26. The van der Waals surface area contributed by atoms with E-state index < -0.39 is 17.6 Å². The molecule has 0 amide bonds. The van der Waals surface area contributed by atoms with E-state index in [0.29, 0.717) is 12.0 Å². The molecule has 0 spiro atoms. The molecule has 1 atom stereocenters. The van der Waals surface area contributed by atoms with E-state index in [1.54, 1.807) is 0 Å². The van der Waals surface area contributed by atoms with Gasteiger partial charge in [0.05, 0.1) is 11.3 Å². The summed E-state index contributed by atoms with van der Waals surface area (Å²) in [7, 11) is 0. The molecule has 0 aliphatic heterocycles. The van der Waals surface area contributed by atoms with Crippen LogP contribution in [0.1, 0.15) is 44.6 Å². The summed E-state index contributed by atoms with van der Waals surface area (Å²) < 4.78 is 51.1. The fraction of sp³-hybridized carbons (Fsp3) is 0.600. The van der Waals surface area contributed by atoms with Crippen molar-refractivity contribution in [2.75, 3.05) is 5.32 Å². The van der Waals surface area contributed by atoms with E-state index in [1.807, 2.05) is 6.92 Å². The SMILES string of the molecule is CC(Nc1ccc(C(F)(F)F)cc1F)C1CCCCC1. The zero-order valence-electron chi connectivity index (χ0n) is 11.4. The maximum Gasteiger partial charge on any atom is 0.416 e. The van der Waals surface area contributed by atoms with E-state index in [2.05, 4.69) is 5.32 Å². The Balaban J connectivity index is 2.05. The van der Waals surface area contributed by atoms with Crippen LogP contribution in [-0.4, -0.2) is 6.04 Å². The van der Waals surface area contributed by atoms with Crippen LogP contribution in [0.25, 0.3) is 0 Å². The van der Waals surface area contributed by atoms with Gasteiger partial charge in [0, 0.05) is 6.04 Å². The van der Waals surface area contributed by atoms with Crippen LogP contribution in [-0.2, 0) is 6.18 Å². The molecule has 2 rings (SSSR count). The zero-order valence-corrected chi connectivity index (χ0v) is 11.4. The van der Waals surface area contributed by atoms with Crippen molar-refractivity contribution >= 4 is 5.69 Å². The minimum Gasteiger partial charge on any atom is -0.380 e. The third-order valence-corrected chi connectivity index (χ3v) is 4.04. The highest BCUT2D eigenvalue weighted by Gasteiger charge is 2.31. The standard InChI is InChI=1S/C15H19F4N/c1-10(11-5-3-2-4-6-11)20-14-8-7-12(9-13(14)16)15(17,18)19/h7-11,20H,2-6H2,1H3. The van der Waals surface area contributed by atoms with Gasteiger partial charge in [-0.2, -0.15) is 13.2 Å². The number of nitrogens with one attached hydrogen (secondary N) is 1. The van der Waals surface area contributed by atoms with E-state index >= 15 is 0 Å². The average molecular weight is 289 g/mol. The molecule has 1 unspecified atom stereocenters. The van der Waals surface area contributed by atoms with E-state index in [-0.39, 0.29) is 11.7 Å². The number of hydrogen-bond donors (Lipinski definition) is 1. The molecular formula is C15H19F4N. The minimum atomic E-state index is -4.51. The quantitative estimate of drug-likeness (QED) is 0.752. The first-order valence-corrected chi connectivity index (χ1v) is 7.01. The molecule has 5 heteroatoms. The Kier molecular flexibility index (Phi) is 4.55. The van der Waals surface area contributed by atoms with Crippen LogP contribution < -0.4 is 5.32 Å². The maximum atomic E-state index is 13.7. The lowest BCUT2D eigenvalue weighted by Crippen LogP contribution is -2.28. The van der Waals surface area contributed by atoms with Gasteiger partial charge in [-0.1, -0.05) is 19.3 Å². The van der Waals surface area contributed by atoms with Crippen molar-refractivity contribution in [1.82, 2.24) is 0 Å². The fourth-order valence-electron chi connectivity index (χ4n) is 2.81. The molecule has 0 heterocycles. The summed E-state index contributed by atoms with van der Waals surface area (Å²) in [5.41, 5.74) is -0.804. The van der Waals surface area contributed by atoms with Crippen LogP contribution in [0.5, 0.6) is 0 Å². The largest absolute Gasteiger partial charge is 0.416 e. The number of anilines is 1. The van der Waals surface area contributed by atoms with Gasteiger partial charge >= 0.3 is 6.18 Å². The van der Waals surface area contributed by atoms with Gasteiger partial charge in [-0.05, 0) is 43.9 Å². The lowest BCUT2D eigenvalue weighted by molar-refractivity contribution is -0.137. The van der Waals surface area contributed by atoms with Crippen LogP contribution >= 0.6 is 0 Å². The molecule has 1 N–H and O–H groups in total. The minimum absolute atomic E-state index is 0.0709. The van der Waals surface area contributed by atoms with Gasteiger partial charge in [0.25, 0.3) is 0 Å². The first-order valence-electron chi connectivity index (χ1n) is 7.01. The smallest absolute Gasteiger partial charge is 0.380 e. The van der Waals surface area contributed by atoms with Gasteiger partial charge in [-0.3, -0.25) is 0 Å². The lowest BCUT2D eigenvalue weighted by atomic mass is 9.84. The molecule has 1 nitrogen and oxygen atoms in total. The lowest BCUT2D eigenvalue weighted by Gasteiger charge is -2.29. The summed E-state index contributed by atoms with van der Waals surface area (Å²) in [5.74, 6) is -0.382. The van der Waals surface area contributed by atoms with Crippen molar-refractivity contribution in [3.8, 4) is 0 Å². The highest BCUT2D eigenvalue weighted by atomic mass is 19.4. The normalized spacial score (nSPS) is 18.9. The highest BCUT2D eigenvalue weighted by Crippen LogP contribution is 2.32. The molecule has 1 aliphatic carbocycles. The third kappa shape index (κ3) is 3.64. The van der Waals surface area contributed by atoms with Gasteiger partial charge in [0.2, 0.25) is 0 Å². The Morgan fingerprint density at radius 1 is 1.15 bits per heavy atom. The molecule has 112 valence electrons. The number of hydrogen-bond acceptors (Lipinski definition) is 1. The van der Waals surface area contributed by atoms with Crippen LogP contribution in [0.3, 0.4) is 0 Å². The van der Waals surface area contributed by atoms with Gasteiger partial charge in [-0.15, -0.1) is 0 Å². The van der Waals surface area contributed by atoms with Crippen molar-refractivity contribution < 1.29 is 17.6 Å². The summed E-state index contributed by atoms with van der Waals surface area (Å²) in [5, 5.41) is 3.02. The average Bonchev–Trinajstić information content (AvgIpc) is 2.41. The predicted octanol–water partition coefficient (Wildman–Crippen LogP) is 5.23. The summed E-state index contributed by atoms with van der Waals surface area (Å²) >= 11 is 0. The van der Waals surface area contributed by atoms with Crippen molar-refractivity contribution in [2.24, 2.45) is 5.92 Å². The third-order valence-electron chi connectivity index (χ3n) is 4.04. The summed E-state index contributed by atoms with van der Waals surface area (Å²) in [6.45, 7) is 1.97. The Morgan fingerprint density at radius 2 is 1.80 bits per heavy atom. The molecule has 1 aromatic carbocycles. The summed E-state index contributed by atoms with van der Waals surface area (Å²) in [6, 6.07) is 2.72. The molecule has 1 fully saturated rings. The molecular weight excluding hydrogens is 270 g/mol. The van der Waals surface area contributed by atoms with E-state index in [9.17, 15) is 17.6 Å². The predicted molar refractivity (Wildman–Crippen MR) is 71.1 cm³/mol. The van der Waals surface area contributed by atoms with E-state index in [4.69, 9.17) is 0 Å². The second-order valence-electron chi connectivity index (χ2n) is 5.52. The van der Waals surface area contributed by atoms with Crippen molar-refractivity contribution in [1.29, 1.82) is 0 Å². The Morgan fingerprint density at radius 3 is 2.35 bits per heavy atom. The molecule has 0 saturated heterocycles. The molecule has 1 aliphatic rings. The van der Waals surface area contributed by atoms with Gasteiger partial charge < -0.3 is 5.32 Å². The van der Waals surface area contributed by atoms with Gasteiger partial charge in [-0.25, -0.2) is 4.39 Å². The van der Waals surface area contributed by atoms with Crippen LogP contribution in [0.2, 0.25) is 0 Å². The van der Waals surface area contributed by atoms with E-state index in [0.717, 1.165) is 18.9 Å². The van der Waals surface area contributed by atoms with Gasteiger partial charge in [0.15, 0.2) is 0 Å². The van der Waals surface area contributed by atoms with Crippen LogP contribution in [0, 0.1) is 11.7 Å². The molecule has 0 bridgehead atoms. The van der Waals surface area contributed by atoms with Crippen LogP contribution in [0.15, 0.2) is 18.2 Å². The van der Waals surface area contributed by atoms with Crippen molar-refractivity contribution in [3.63, 3.8) is 0 Å². The summed E-state index contributed by atoms with van der Waals surface area (Å²) in [6.07, 6.45) is 1.26. The zero-order chi connectivity index (χ0) is 14.8. The van der Waals surface area contributed by atoms with Crippen LogP contribution in [0.4, 0.5) is 23.2 Å². The van der Waals surface area contributed by atoms with Crippen molar-refractivity contribution in [2.45, 2.75) is 51.2 Å². The number of alkyl halides is 3. The van der Waals surface area contributed by atoms with Crippen molar-refractivity contribution in [3.05, 3.63) is 29.6 Å². The first kappa shape index (κ1) is 15.1. The molecule has 1 saturated carbocycles. The number of benzene rings is 1. The maximum absolute atomic E-state index is 13.7. The molecule has 20 heavy (non-hydrogen) atoms. The first-order chi connectivity index (χ1) is 9.38. The molecule has 0 radical (unpaired) electrons. The number of halogens is 4. The van der Waals surface area contributed by atoms with Gasteiger partial charge in [0.1, 0.15) is 5.82 Å². The Labute approximate surface area is 116 Å². The second kappa shape index (κ2) is 6.02. The second-order valence-corrected chi connectivity index (χ2v) is 5.52. The van der Waals surface area contributed by atoms with E-state index in [1.165, 1.54) is 25.3 Å². The highest BCUT2D eigenvalue weighted by molar-refractivity contribution is 5.47.